The summed E-state index contributed by atoms with van der Waals surface area (Å²) in [6.45, 7) is -0.225. The number of aliphatic hydroxyl groups is 1. The van der Waals surface area contributed by atoms with Gasteiger partial charge in [0.2, 0.25) is 0 Å². The predicted molar refractivity (Wildman–Crippen MR) is 64.9 cm³/mol. The molecule has 1 aromatic rings. The molecule has 0 aromatic heterocycles. The van der Waals surface area contributed by atoms with Gasteiger partial charge in [-0.05, 0) is 17.7 Å². The lowest BCUT2D eigenvalue weighted by Crippen LogP contribution is -2.27. The molecule has 0 saturated heterocycles. The van der Waals surface area contributed by atoms with Crippen LogP contribution in [0.1, 0.15) is 11.7 Å². The van der Waals surface area contributed by atoms with E-state index < -0.39 is 6.17 Å². The quantitative estimate of drug-likeness (QED) is 0.884. The first-order valence-electron chi connectivity index (χ1n) is 4.61. The van der Waals surface area contributed by atoms with E-state index in [2.05, 4.69) is 10.1 Å². The standard InChI is InChI=1S/C10H9Cl2N3O/c11-8-3-1-7(2-4-8)10-14-9(12)5-13-15(10)6-16/h1-5,10,16H,6H2/t10-/m0/s1. The number of rotatable bonds is 2. The molecule has 16 heavy (non-hydrogen) atoms. The average molecular weight is 258 g/mol. The number of hydrogen-bond donors (Lipinski definition) is 1. The Morgan fingerprint density at radius 1 is 1.25 bits per heavy atom. The van der Waals surface area contributed by atoms with Gasteiger partial charge in [-0.3, -0.25) is 0 Å². The molecular weight excluding hydrogens is 249 g/mol. The summed E-state index contributed by atoms with van der Waals surface area (Å²) >= 11 is 11.6. The third-order valence-corrected chi connectivity index (χ3v) is 2.60. The Hall–Kier alpha value is -1.10. The lowest BCUT2D eigenvalue weighted by molar-refractivity contribution is 0.0728. The largest absolute Gasteiger partial charge is 0.375 e. The minimum absolute atomic E-state index is 0.225. The van der Waals surface area contributed by atoms with Crippen LogP contribution in [0.2, 0.25) is 5.02 Å². The minimum atomic E-state index is -0.403. The van der Waals surface area contributed by atoms with Gasteiger partial charge < -0.3 is 5.11 Å². The van der Waals surface area contributed by atoms with E-state index in [1.54, 1.807) is 12.1 Å². The van der Waals surface area contributed by atoms with Crippen molar-refractivity contribution in [2.75, 3.05) is 6.73 Å². The SMILES string of the molecule is OCN1N=CC(Cl)=N[C@@H]1c1ccc(Cl)cc1. The molecule has 0 radical (unpaired) electrons. The number of aliphatic hydroxyl groups excluding tert-OH is 1. The summed E-state index contributed by atoms with van der Waals surface area (Å²) in [5.41, 5.74) is 0.869. The molecule has 1 heterocycles. The van der Waals surface area contributed by atoms with E-state index in [9.17, 15) is 0 Å². The molecule has 0 aliphatic carbocycles. The summed E-state index contributed by atoms with van der Waals surface area (Å²) in [7, 11) is 0. The van der Waals surface area contributed by atoms with E-state index in [4.69, 9.17) is 28.3 Å². The van der Waals surface area contributed by atoms with Gasteiger partial charge in [-0.1, -0.05) is 35.3 Å². The van der Waals surface area contributed by atoms with Crippen molar-refractivity contribution in [2.45, 2.75) is 6.17 Å². The van der Waals surface area contributed by atoms with Crippen molar-refractivity contribution in [3.05, 3.63) is 34.9 Å². The van der Waals surface area contributed by atoms with Gasteiger partial charge in [-0.25, -0.2) is 10.0 Å². The second-order valence-corrected chi connectivity index (χ2v) is 4.03. The van der Waals surface area contributed by atoms with Crippen LogP contribution in [0.3, 0.4) is 0 Å². The van der Waals surface area contributed by atoms with Gasteiger partial charge in [-0.2, -0.15) is 5.10 Å². The highest BCUT2D eigenvalue weighted by molar-refractivity contribution is 6.80. The van der Waals surface area contributed by atoms with Gasteiger partial charge in [0.1, 0.15) is 11.9 Å². The fourth-order valence-corrected chi connectivity index (χ4v) is 1.66. The summed E-state index contributed by atoms with van der Waals surface area (Å²) in [5.74, 6) is 0. The maximum Gasteiger partial charge on any atom is 0.166 e. The zero-order chi connectivity index (χ0) is 11.5. The first-order valence-corrected chi connectivity index (χ1v) is 5.36. The van der Waals surface area contributed by atoms with Crippen LogP contribution in [-0.2, 0) is 0 Å². The van der Waals surface area contributed by atoms with Crippen LogP contribution in [0.4, 0.5) is 0 Å². The summed E-state index contributed by atoms with van der Waals surface area (Å²) in [5, 5.41) is 15.5. The molecule has 0 saturated carbocycles. The highest BCUT2D eigenvalue weighted by Gasteiger charge is 2.20. The lowest BCUT2D eigenvalue weighted by atomic mass is 10.1. The summed E-state index contributed by atoms with van der Waals surface area (Å²) in [6, 6.07) is 7.16. The van der Waals surface area contributed by atoms with Crippen LogP contribution in [0.25, 0.3) is 0 Å². The van der Waals surface area contributed by atoms with Gasteiger partial charge in [-0.15, -0.1) is 0 Å². The first kappa shape index (κ1) is 11.4. The maximum atomic E-state index is 9.14. The molecule has 1 atom stereocenters. The third-order valence-electron chi connectivity index (χ3n) is 2.15. The number of hydrogen-bond acceptors (Lipinski definition) is 4. The normalized spacial score (nSPS) is 19.8. The van der Waals surface area contributed by atoms with E-state index >= 15 is 0 Å². The molecular formula is C10H9Cl2N3O. The van der Waals surface area contributed by atoms with E-state index in [0.717, 1.165) is 5.56 Å². The number of nitrogens with zero attached hydrogens (tertiary/aromatic N) is 3. The molecule has 2 rings (SSSR count). The third kappa shape index (κ3) is 2.35. The fourth-order valence-electron chi connectivity index (χ4n) is 1.40. The van der Waals surface area contributed by atoms with Gasteiger partial charge in [0.25, 0.3) is 0 Å². The molecule has 0 bridgehead atoms. The molecule has 1 aromatic carbocycles. The van der Waals surface area contributed by atoms with Crippen molar-refractivity contribution in [1.29, 1.82) is 0 Å². The second kappa shape index (κ2) is 4.82. The Kier molecular flexibility index (Phi) is 3.43. The Bertz CT molecular complexity index is 430. The second-order valence-electron chi connectivity index (χ2n) is 3.20. The molecule has 0 unspecified atom stereocenters. The Labute approximate surface area is 103 Å². The fraction of sp³-hybridized carbons (Fsp3) is 0.200. The van der Waals surface area contributed by atoms with Crippen LogP contribution in [0.5, 0.6) is 0 Å². The van der Waals surface area contributed by atoms with Crippen molar-refractivity contribution in [2.24, 2.45) is 10.1 Å². The lowest BCUT2D eigenvalue weighted by Gasteiger charge is -2.26. The molecule has 0 amide bonds. The zero-order valence-corrected chi connectivity index (χ0v) is 9.73. The van der Waals surface area contributed by atoms with E-state index in [0.29, 0.717) is 10.2 Å². The number of aliphatic imine (C=N–C) groups is 1. The smallest absolute Gasteiger partial charge is 0.166 e. The Morgan fingerprint density at radius 3 is 2.56 bits per heavy atom. The van der Waals surface area contributed by atoms with Gasteiger partial charge in [0, 0.05) is 5.02 Å². The first-order chi connectivity index (χ1) is 7.70. The highest BCUT2D eigenvalue weighted by atomic mass is 35.5. The van der Waals surface area contributed by atoms with Crippen molar-refractivity contribution in [1.82, 2.24) is 5.01 Å². The molecule has 0 fully saturated rings. The minimum Gasteiger partial charge on any atom is -0.375 e. The van der Waals surface area contributed by atoms with Crippen LogP contribution < -0.4 is 0 Å². The molecule has 1 aliphatic heterocycles. The van der Waals surface area contributed by atoms with E-state index in [1.165, 1.54) is 11.2 Å². The van der Waals surface area contributed by atoms with Crippen LogP contribution in [-0.4, -0.2) is 28.2 Å². The van der Waals surface area contributed by atoms with Crippen LogP contribution in [0.15, 0.2) is 34.4 Å². The van der Waals surface area contributed by atoms with Gasteiger partial charge in [0.05, 0.1) is 6.21 Å². The summed E-state index contributed by atoms with van der Waals surface area (Å²) in [4.78, 5) is 4.19. The predicted octanol–water partition coefficient (Wildman–Crippen LogP) is 2.23. The van der Waals surface area contributed by atoms with Crippen molar-refractivity contribution < 1.29 is 5.11 Å². The highest BCUT2D eigenvalue weighted by Crippen LogP contribution is 2.25. The zero-order valence-electron chi connectivity index (χ0n) is 8.22. The molecule has 84 valence electrons. The monoisotopic (exact) mass is 257 g/mol. The summed E-state index contributed by atoms with van der Waals surface area (Å²) in [6.07, 6.45) is 0.990. The topological polar surface area (TPSA) is 48.2 Å². The van der Waals surface area contributed by atoms with Gasteiger partial charge in [0.15, 0.2) is 6.17 Å². The van der Waals surface area contributed by atoms with Crippen LogP contribution in [0, 0.1) is 0 Å². The summed E-state index contributed by atoms with van der Waals surface area (Å²) < 4.78 is 0. The number of halogens is 2. The average Bonchev–Trinajstić information content (AvgIpc) is 2.30. The van der Waals surface area contributed by atoms with Crippen molar-refractivity contribution in [3.8, 4) is 0 Å². The molecule has 1 aliphatic rings. The number of benzene rings is 1. The maximum absolute atomic E-state index is 9.14. The Balaban J connectivity index is 2.31. The van der Waals surface area contributed by atoms with Crippen molar-refractivity contribution in [3.63, 3.8) is 0 Å². The van der Waals surface area contributed by atoms with E-state index in [1.807, 2.05) is 12.1 Å². The Morgan fingerprint density at radius 2 is 1.94 bits per heavy atom. The number of hydrazone groups is 1. The molecule has 0 spiro atoms. The van der Waals surface area contributed by atoms with Gasteiger partial charge >= 0.3 is 0 Å². The van der Waals surface area contributed by atoms with E-state index in [-0.39, 0.29) is 6.73 Å². The molecule has 1 N–H and O–H groups in total. The molecule has 6 heteroatoms. The van der Waals surface area contributed by atoms with Crippen molar-refractivity contribution >= 4 is 34.6 Å². The van der Waals surface area contributed by atoms with Crippen LogP contribution >= 0.6 is 23.2 Å². The molecule has 4 nitrogen and oxygen atoms in total.